The Labute approximate surface area is 144 Å². The van der Waals surface area contributed by atoms with Crippen molar-refractivity contribution in [1.82, 2.24) is 5.32 Å². The Morgan fingerprint density at radius 3 is 2.55 bits per heavy atom. The Balaban J connectivity index is 2.12. The molecule has 0 aliphatic heterocycles. The van der Waals surface area contributed by atoms with E-state index in [1.165, 1.54) is 5.56 Å². The van der Waals surface area contributed by atoms with Crippen LogP contribution in [0.5, 0.6) is 11.5 Å². The summed E-state index contributed by atoms with van der Waals surface area (Å²) < 4.78 is 11.7. The van der Waals surface area contributed by atoms with Crippen LogP contribution in [0, 0.1) is 0 Å². The van der Waals surface area contributed by atoms with Crippen LogP contribution in [0.2, 0.25) is 5.02 Å². The van der Waals surface area contributed by atoms with E-state index in [0.29, 0.717) is 23.1 Å². The summed E-state index contributed by atoms with van der Waals surface area (Å²) in [6.45, 7) is 2.81. The summed E-state index contributed by atoms with van der Waals surface area (Å²) in [7, 11) is 3.19. The molecule has 3 nitrogen and oxygen atoms in total. The molecule has 1 atom stereocenters. The average Bonchev–Trinajstić information content (AvgIpc) is 2.52. The molecule has 0 aliphatic carbocycles. The van der Waals surface area contributed by atoms with E-state index in [9.17, 15) is 0 Å². The van der Waals surface area contributed by atoms with E-state index >= 15 is 0 Å². The van der Waals surface area contributed by atoms with Crippen molar-refractivity contribution in [3.63, 3.8) is 0 Å². The number of rotatable bonds is 6. The maximum atomic E-state index is 6.23. The van der Waals surface area contributed by atoms with Gasteiger partial charge in [0.25, 0.3) is 0 Å². The lowest BCUT2D eigenvalue weighted by atomic mass is 10.1. The monoisotopic (exact) mass is 383 g/mol. The highest BCUT2D eigenvalue weighted by atomic mass is 79.9. The maximum Gasteiger partial charge on any atom is 0.179 e. The molecule has 1 N–H and O–H groups in total. The second-order valence-electron chi connectivity index (χ2n) is 4.94. The second kappa shape index (κ2) is 7.86. The van der Waals surface area contributed by atoms with Crippen LogP contribution in [-0.2, 0) is 6.54 Å². The van der Waals surface area contributed by atoms with Crippen LogP contribution >= 0.6 is 27.5 Å². The van der Waals surface area contributed by atoms with Crippen molar-refractivity contribution in [2.75, 3.05) is 14.2 Å². The van der Waals surface area contributed by atoms with Gasteiger partial charge in [-0.2, -0.15) is 0 Å². The first-order valence-electron chi connectivity index (χ1n) is 6.95. The van der Waals surface area contributed by atoms with Crippen molar-refractivity contribution in [1.29, 1.82) is 0 Å². The fourth-order valence-electron chi connectivity index (χ4n) is 2.28. The van der Waals surface area contributed by atoms with Gasteiger partial charge in [-0.05, 0) is 36.2 Å². The van der Waals surface area contributed by atoms with Gasteiger partial charge in [-0.3, -0.25) is 0 Å². The van der Waals surface area contributed by atoms with Crippen LogP contribution in [0.25, 0.3) is 0 Å². The quantitative estimate of drug-likeness (QED) is 0.762. The first-order chi connectivity index (χ1) is 10.6. The highest BCUT2D eigenvalue weighted by Crippen LogP contribution is 2.36. The van der Waals surface area contributed by atoms with E-state index in [1.807, 2.05) is 30.3 Å². The van der Waals surface area contributed by atoms with Gasteiger partial charge in [0.2, 0.25) is 0 Å². The average molecular weight is 385 g/mol. The minimum atomic E-state index is 0.211. The summed E-state index contributed by atoms with van der Waals surface area (Å²) in [4.78, 5) is 0. The van der Waals surface area contributed by atoms with Crippen LogP contribution in [0.4, 0.5) is 0 Å². The van der Waals surface area contributed by atoms with E-state index in [4.69, 9.17) is 21.1 Å². The first-order valence-corrected chi connectivity index (χ1v) is 8.12. The number of ether oxygens (including phenoxy) is 2. The maximum absolute atomic E-state index is 6.23. The van der Waals surface area contributed by atoms with Gasteiger partial charge in [0.15, 0.2) is 11.5 Å². The number of halogens is 2. The lowest BCUT2D eigenvalue weighted by molar-refractivity contribution is 0.354. The molecule has 0 amide bonds. The molecule has 0 heterocycles. The van der Waals surface area contributed by atoms with Crippen molar-refractivity contribution in [3.8, 4) is 11.5 Å². The molecule has 2 aromatic carbocycles. The smallest absolute Gasteiger partial charge is 0.179 e. The molecule has 0 saturated heterocycles. The Morgan fingerprint density at radius 2 is 1.91 bits per heavy atom. The van der Waals surface area contributed by atoms with Gasteiger partial charge in [0.05, 0.1) is 19.2 Å². The molecule has 0 radical (unpaired) electrons. The fourth-order valence-corrected chi connectivity index (χ4v) is 3.22. The van der Waals surface area contributed by atoms with Crippen LogP contribution in [0.1, 0.15) is 24.1 Å². The SMILES string of the molecule is COc1cc(CN[C@@H](C)c2ccccc2Br)cc(Cl)c1OC. The molecule has 0 spiro atoms. The third-order valence-corrected chi connectivity index (χ3v) is 4.48. The first kappa shape index (κ1) is 17.1. The van der Waals surface area contributed by atoms with Crippen LogP contribution in [0.15, 0.2) is 40.9 Å². The van der Waals surface area contributed by atoms with Crippen molar-refractivity contribution < 1.29 is 9.47 Å². The van der Waals surface area contributed by atoms with Gasteiger partial charge in [0, 0.05) is 17.1 Å². The summed E-state index contributed by atoms with van der Waals surface area (Å²) in [6, 6.07) is 12.2. The Kier molecular flexibility index (Phi) is 6.12. The molecular formula is C17H19BrClNO2. The van der Waals surface area contributed by atoms with Crippen LogP contribution in [0.3, 0.4) is 0 Å². The number of methoxy groups -OCH3 is 2. The van der Waals surface area contributed by atoms with Crippen LogP contribution < -0.4 is 14.8 Å². The number of nitrogens with one attached hydrogen (secondary N) is 1. The van der Waals surface area contributed by atoms with E-state index < -0.39 is 0 Å². The van der Waals surface area contributed by atoms with Gasteiger partial charge < -0.3 is 14.8 Å². The largest absolute Gasteiger partial charge is 0.493 e. The van der Waals surface area contributed by atoms with E-state index in [2.05, 4.69) is 34.2 Å². The zero-order valence-corrected chi connectivity index (χ0v) is 15.2. The molecule has 0 aliphatic rings. The number of hydrogen-bond acceptors (Lipinski definition) is 3. The summed E-state index contributed by atoms with van der Waals surface area (Å²) in [5, 5.41) is 4.04. The highest BCUT2D eigenvalue weighted by molar-refractivity contribution is 9.10. The topological polar surface area (TPSA) is 30.5 Å². The standard InChI is InChI=1S/C17H19BrClNO2/c1-11(13-6-4-5-7-14(13)18)20-10-12-8-15(19)17(22-3)16(9-12)21-2/h4-9,11,20H,10H2,1-3H3/t11-/m0/s1. The summed E-state index contributed by atoms with van der Waals surface area (Å²) in [5.41, 5.74) is 2.26. The molecule has 0 bridgehead atoms. The summed E-state index contributed by atoms with van der Waals surface area (Å²) in [6.07, 6.45) is 0. The van der Waals surface area contributed by atoms with Crippen molar-refractivity contribution >= 4 is 27.5 Å². The summed E-state index contributed by atoms with van der Waals surface area (Å²) >= 11 is 9.81. The van der Waals surface area contributed by atoms with E-state index in [0.717, 1.165) is 10.0 Å². The van der Waals surface area contributed by atoms with Gasteiger partial charge in [-0.1, -0.05) is 45.7 Å². The van der Waals surface area contributed by atoms with Crippen molar-refractivity contribution in [3.05, 3.63) is 57.0 Å². The predicted molar refractivity (Wildman–Crippen MR) is 94.0 cm³/mol. The minimum absolute atomic E-state index is 0.211. The lowest BCUT2D eigenvalue weighted by Gasteiger charge is -2.17. The Bertz CT molecular complexity index is 649. The van der Waals surface area contributed by atoms with E-state index in [1.54, 1.807) is 14.2 Å². The van der Waals surface area contributed by atoms with Crippen molar-refractivity contribution in [2.24, 2.45) is 0 Å². The number of benzene rings is 2. The third kappa shape index (κ3) is 3.94. The normalized spacial score (nSPS) is 12.0. The molecule has 0 aromatic heterocycles. The zero-order chi connectivity index (χ0) is 16.1. The molecular weight excluding hydrogens is 366 g/mol. The van der Waals surface area contributed by atoms with Gasteiger partial charge in [0.1, 0.15) is 0 Å². The van der Waals surface area contributed by atoms with Gasteiger partial charge in [-0.15, -0.1) is 0 Å². The molecule has 22 heavy (non-hydrogen) atoms. The Morgan fingerprint density at radius 1 is 1.18 bits per heavy atom. The number of hydrogen-bond donors (Lipinski definition) is 1. The zero-order valence-electron chi connectivity index (χ0n) is 12.8. The van der Waals surface area contributed by atoms with Gasteiger partial charge in [-0.25, -0.2) is 0 Å². The molecule has 0 fully saturated rings. The molecule has 2 rings (SSSR count). The third-order valence-electron chi connectivity index (χ3n) is 3.48. The summed E-state index contributed by atoms with van der Waals surface area (Å²) in [5.74, 6) is 1.20. The van der Waals surface area contributed by atoms with E-state index in [-0.39, 0.29) is 6.04 Å². The predicted octanol–water partition coefficient (Wildman–Crippen LogP) is 4.97. The highest BCUT2D eigenvalue weighted by Gasteiger charge is 2.12. The minimum Gasteiger partial charge on any atom is -0.493 e. The Hall–Kier alpha value is -1.23. The molecule has 0 saturated carbocycles. The second-order valence-corrected chi connectivity index (χ2v) is 6.20. The molecule has 5 heteroatoms. The molecule has 118 valence electrons. The molecule has 2 aromatic rings. The fraction of sp³-hybridized carbons (Fsp3) is 0.294. The van der Waals surface area contributed by atoms with Crippen LogP contribution in [-0.4, -0.2) is 14.2 Å². The van der Waals surface area contributed by atoms with Gasteiger partial charge >= 0.3 is 0 Å². The van der Waals surface area contributed by atoms with Crippen molar-refractivity contribution in [2.45, 2.75) is 19.5 Å². The molecule has 0 unspecified atom stereocenters. The lowest BCUT2D eigenvalue weighted by Crippen LogP contribution is -2.18.